The molecule has 0 aliphatic heterocycles. The van der Waals surface area contributed by atoms with Crippen molar-refractivity contribution in [2.75, 3.05) is 27.7 Å². The van der Waals surface area contributed by atoms with E-state index in [2.05, 4.69) is 19.1 Å². The lowest BCUT2D eigenvalue weighted by molar-refractivity contribution is -0.883. The fourth-order valence-corrected chi connectivity index (χ4v) is 6.98. The average molecular weight is 531 g/mol. The Kier molecular flexibility index (Phi) is 23.8. The summed E-state index contributed by atoms with van der Waals surface area (Å²) >= 11 is 0. The fraction of sp³-hybridized carbons (Fsp3) is 0.935. The summed E-state index contributed by atoms with van der Waals surface area (Å²) in [5.74, 6) is -0.355. The van der Waals surface area contributed by atoms with Crippen LogP contribution in [0.4, 0.5) is 0 Å². The minimum absolute atomic E-state index is 0.323. The molecule has 0 aromatic rings. The van der Waals surface area contributed by atoms with Crippen LogP contribution in [-0.4, -0.2) is 42.9 Å². The van der Waals surface area contributed by atoms with Gasteiger partial charge >= 0.3 is 7.60 Å². The van der Waals surface area contributed by atoms with Gasteiger partial charge in [-0.2, -0.15) is 0 Å². The van der Waals surface area contributed by atoms with E-state index in [0.717, 1.165) is 12.8 Å². The molecule has 2 unspecified atom stereocenters. The number of hydrogen-bond acceptors (Lipinski definition) is 2. The maximum Gasteiger partial charge on any atom is 0.385 e. The Labute approximate surface area is 226 Å². The van der Waals surface area contributed by atoms with Crippen molar-refractivity contribution in [1.82, 2.24) is 0 Å². The van der Waals surface area contributed by atoms with Crippen LogP contribution in [0.15, 0.2) is 12.2 Å². The molecule has 216 valence electrons. The first kappa shape index (κ1) is 35.9. The minimum atomic E-state index is -3.60. The largest absolute Gasteiger partial charge is 0.385 e. The van der Waals surface area contributed by atoms with E-state index in [-0.39, 0.29) is 5.78 Å². The van der Waals surface area contributed by atoms with Crippen molar-refractivity contribution < 1.29 is 18.5 Å². The van der Waals surface area contributed by atoms with Gasteiger partial charge in [0.2, 0.25) is 0 Å². The molecule has 0 amide bonds. The molecule has 0 aliphatic rings. The summed E-state index contributed by atoms with van der Waals surface area (Å²) in [4.78, 5) is 10.4. The van der Waals surface area contributed by atoms with E-state index in [9.17, 15) is 9.46 Å². The van der Waals surface area contributed by atoms with Gasteiger partial charge in [-0.25, -0.2) is 0 Å². The van der Waals surface area contributed by atoms with Crippen LogP contribution in [0.2, 0.25) is 0 Å². The van der Waals surface area contributed by atoms with E-state index in [1.807, 2.05) is 28.1 Å². The first-order chi connectivity index (χ1) is 17.3. The molecule has 0 heterocycles. The molecule has 0 radical (unpaired) electrons. The molecule has 0 fully saturated rings. The Balaban J connectivity index is 3.46. The fourth-order valence-electron chi connectivity index (χ4n) is 4.98. The summed E-state index contributed by atoms with van der Waals surface area (Å²) in [7, 11) is 2.29. The molecule has 0 aliphatic carbocycles. The Bertz CT molecular complexity index is 544. The maximum atomic E-state index is 12.7. The number of quaternary nitrogens is 1. The quantitative estimate of drug-likeness (QED) is 0.0497. The Hall–Kier alpha value is -0.150. The zero-order chi connectivity index (χ0) is 27.0. The highest BCUT2D eigenvalue weighted by atomic mass is 31.2. The van der Waals surface area contributed by atoms with Crippen LogP contribution in [0.5, 0.6) is 0 Å². The number of rotatable bonds is 27. The summed E-state index contributed by atoms with van der Waals surface area (Å²) in [6, 6.07) is 0. The highest BCUT2D eigenvalue weighted by molar-refractivity contribution is 7.53. The molecule has 0 spiro atoms. The standard InChI is InChI=1S/C31H64NO3P/c1-6-8-9-10-11-12-13-14-15-16-17-18-19-20-21-22-23-24-25-26-27-28-30-35-36(33,34)31(29-7-2)32(3,4)5/h26-27,31H,6-25,28-30H2,1-5H3/p+1. The lowest BCUT2D eigenvalue weighted by Crippen LogP contribution is -2.45. The maximum absolute atomic E-state index is 12.7. The van der Waals surface area contributed by atoms with Crippen molar-refractivity contribution in [1.29, 1.82) is 0 Å². The molecule has 4 nitrogen and oxygen atoms in total. The molecule has 0 saturated heterocycles. The molecule has 1 N–H and O–H groups in total. The van der Waals surface area contributed by atoms with E-state index >= 15 is 0 Å². The van der Waals surface area contributed by atoms with Gasteiger partial charge in [0.05, 0.1) is 27.7 Å². The van der Waals surface area contributed by atoms with Crippen molar-refractivity contribution in [3.8, 4) is 0 Å². The van der Waals surface area contributed by atoms with Gasteiger partial charge in [0.15, 0.2) is 5.78 Å². The first-order valence-corrected chi connectivity index (χ1v) is 17.3. The Morgan fingerprint density at radius 3 is 1.42 bits per heavy atom. The minimum Gasteiger partial charge on any atom is -0.320 e. The smallest absolute Gasteiger partial charge is 0.320 e. The molecule has 5 heteroatoms. The van der Waals surface area contributed by atoms with Crippen LogP contribution in [0, 0.1) is 0 Å². The second-order valence-corrected chi connectivity index (χ2v) is 13.8. The van der Waals surface area contributed by atoms with Gasteiger partial charge in [0.25, 0.3) is 0 Å². The van der Waals surface area contributed by atoms with Crippen molar-refractivity contribution in [3.05, 3.63) is 12.2 Å². The summed E-state index contributed by atoms with van der Waals surface area (Å²) < 4.78 is 18.6. The molecule has 2 atom stereocenters. The Morgan fingerprint density at radius 2 is 1.03 bits per heavy atom. The highest BCUT2D eigenvalue weighted by Gasteiger charge is 2.41. The van der Waals surface area contributed by atoms with E-state index < -0.39 is 7.60 Å². The molecular formula is C31H65NO3P+. The van der Waals surface area contributed by atoms with Gasteiger partial charge in [0, 0.05) is 6.42 Å². The summed E-state index contributed by atoms with van der Waals surface area (Å²) in [6.45, 7) is 4.66. The zero-order valence-corrected chi connectivity index (χ0v) is 26.0. The molecule has 0 aromatic heterocycles. The third-order valence-corrected chi connectivity index (χ3v) is 9.53. The van der Waals surface area contributed by atoms with Crippen LogP contribution in [0.25, 0.3) is 0 Å². The third-order valence-electron chi connectivity index (χ3n) is 7.27. The summed E-state index contributed by atoms with van der Waals surface area (Å²) in [5.41, 5.74) is 0. The van der Waals surface area contributed by atoms with E-state index in [1.165, 1.54) is 116 Å². The topological polar surface area (TPSA) is 46.5 Å². The first-order valence-electron chi connectivity index (χ1n) is 15.7. The highest BCUT2D eigenvalue weighted by Crippen LogP contribution is 2.51. The lowest BCUT2D eigenvalue weighted by atomic mass is 10.0. The molecular weight excluding hydrogens is 465 g/mol. The second-order valence-electron chi connectivity index (χ2n) is 11.8. The second kappa shape index (κ2) is 23.9. The van der Waals surface area contributed by atoms with Crippen molar-refractivity contribution >= 4 is 7.60 Å². The monoisotopic (exact) mass is 530 g/mol. The predicted octanol–water partition coefficient (Wildman–Crippen LogP) is 10.4. The van der Waals surface area contributed by atoms with Gasteiger partial charge in [-0.3, -0.25) is 4.57 Å². The van der Waals surface area contributed by atoms with Crippen molar-refractivity contribution in [2.24, 2.45) is 0 Å². The van der Waals surface area contributed by atoms with Gasteiger partial charge in [-0.15, -0.1) is 0 Å². The normalized spacial score (nSPS) is 14.9. The van der Waals surface area contributed by atoms with Crippen LogP contribution in [-0.2, 0) is 9.09 Å². The summed E-state index contributed by atoms with van der Waals surface area (Å²) in [6.07, 6.45) is 33.1. The van der Waals surface area contributed by atoms with E-state index in [1.54, 1.807) is 0 Å². The van der Waals surface area contributed by atoms with Crippen LogP contribution in [0.3, 0.4) is 0 Å². The average Bonchev–Trinajstić information content (AvgIpc) is 2.82. The zero-order valence-electron chi connectivity index (χ0n) is 25.2. The van der Waals surface area contributed by atoms with Gasteiger partial charge < -0.3 is 13.9 Å². The van der Waals surface area contributed by atoms with Crippen LogP contribution >= 0.6 is 7.60 Å². The number of unbranched alkanes of at least 4 members (excludes halogenated alkanes) is 18. The predicted molar refractivity (Wildman–Crippen MR) is 160 cm³/mol. The molecule has 0 aromatic carbocycles. The van der Waals surface area contributed by atoms with E-state index in [4.69, 9.17) is 4.52 Å². The van der Waals surface area contributed by atoms with E-state index in [0.29, 0.717) is 23.9 Å². The van der Waals surface area contributed by atoms with Gasteiger partial charge in [-0.1, -0.05) is 135 Å². The lowest BCUT2D eigenvalue weighted by Gasteiger charge is -2.35. The number of hydrogen-bond donors (Lipinski definition) is 1. The Morgan fingerprint density at radius 1 is 0.639 bits per heavy atom. The molecule has 0 saturated carbocycles. The molecule has 0 rings (SSSR count). The van der Waals surface area contributed by atoms with Crippen LogP contribution in [0.1, 0.15) is 155 Å². The third kappa shape index (κ3) is 21.9. The molecule has 36 heavy (non-hydrogen) atoms. The van der Waals surface area contributed by atoms with Crippen molar-refractivity contribution in [3.63, 3.8) is 0 Å². The van der Waals surface area contributed by atoms with Crippen molar-refractivity contribution in [2.45, 2.75) is 161 Å². The number of allylic oxidation sites excluding steroid dienone is 1. The van der Waals surface area contributed by atoms with Gasteiger partial charge in [0.1, 0.15) is 0 Å². The summed E-state index contributed by atoms with van der Waals surface area (Å²) in [5, 5.41) is 0. The SMILES string of the molecule is CCCCCCCCCCCCCCCCCCCCC=CCCOP(=O)(O)C(CCC)[N+](C)(C)C. The molecule has 0 bridgehead atoms. The van der Waals surface area contributed by atoms with Gasteiger partial charge in [-0.05, 0) is 25.7 Å². The van der Waals surface area contributed by atoms with Crippen LogP contribution < -0.4 is 0 Å². The number of nitrogens with zero attached hydrogens (tertiary/aromatic N) is 1.